The summed E-state index contributed by atoms with van der Waals surface area (Å²) in [6.07, 6.45) is 11.4. The van der Waals surface area contributed by atoms with Crippen molar-refractivity contribution in [2.75, 3.05) is 125 Å². The predicted octanol–water partition coefficient (Wildman–Crippen LogP) is 5.16. The molecule has 20 nitrogen and oxygen atoms in total. The normalized spacial score (nSPS) is 19.9. The number of carboxylic acid groups (broad SMARTS) is 1. The third-order valence-electron chi connectivity index (χ3n) is 13.1. The molecule has 5 heterocycles. The Balaban J connectivity index is 1.03. The molecule has 3 N–H and O–H groups in total. The number of amides is 3. The Labute approximate surface area is 426 Å². The fourth-order valence-electron chi connectivity index (χ4n) is 9.15. The molecule has 0 bridgehead atoms. The summed E-state index contributed by atoms with van der Waals surface area (Å²) in [5.41, 5.74) is 5.10. The van der Waals surface area contributed by atoms with E-state index < -0.39 is 12.0 Å². The zero-order valence-corrected chi connectivity index (χ0v) is 42.6. The Bertz CT molecular complexity index is 2440. The van der Waals surface area contributed by atoms with Gasteiger partial charge in [0.1, 0.15) is 25.6 Å². The Morgan fingerprint density at radius 3 is 2.15 bits per heavy atom. The molecule has 2 fully saturated rings. The van der Waals surface area contributed by atoms with Crippen LogP contribution in [0.1, 0.15) is 66.7 Å². The van der Waals surface area contributed by atoms with Gasteiger partial charge in [0.2, 0.25) is 5.91 Å². The number of nitrogens with one attached hydrogen (secondary N) is 2. The van der Waals surface area contributed by atoms with Crippen molar-refractivity contribution in [1.29, 1.82) is 0 Å². The zero-order chi connectivity index (χ0) is 51.7. The highest BCUT2D eigenvalue weighted by Gasteiger charge is 2.37. The SMILES string of the molecule is C/C=C1\C[C@H]2CNc3cc(OCC4C=C(OCCN(CCCC(=O)O)C(=O)CCOCCOCCOCCOC)C=C(COc5cc6c(cc5OC)C(=O)N5C/C(=C/C)C[C@H]5C=N6)N4)c(OC)cc3C(=O)N2C1. The molecular formula is C53H70N6O14. The van der Waals surface area contributed by atoms with Crippen molar-refractivity contribution in [3.63, 3.8) is 0 Å². The standard InChI is InChI=1S/C53H70N6O14/c1-6-35-21-39-29-54-44-27-48(46(66-4)25-42(44)52(63)58(39)31-35)72-33-37-23-41(71-14-12-57(11-8-9-51(61)62)50(60)10-13-68-17-18-70-20-19-69-16-15-65-3)24-38(56-37)34-73-49-28-45-43(26-47(49)67-5)53(64)59-32-36(7-2)22-40(59)30-55-45/h6-7,23-29,38-40,55-56H,8-22,30-34H2,1-5H3,(H,61,62)/b35-6+,36-7+/t38?,39-,40-/m0/s1. The minimum Gasteiger partial charge on any atom is -0.493 e. The fourth-order valence-corrected chi connectivity index (χ4v) is 9.15. The number of carboxylic acids is 1. The Morgan fingerprint density at radius 2 is 1.44 bits per heavy atom. The molecule has 396 valence electrons. The Kier molecular flexibility index (Phi) is 20.0. The van der Waals surface area contributed by atoms with E-state index in [-0.39, 0.29) is 88.6 Å². The average molecular weight is 1020 g/mol. The number of carbonyl (C=O) groups is 4. The lowest BCUT2D eigenvalue weighted by molar-refractivity contribution is -0.138. The number of allylic oxidation sites excluding steroid dienone is 3. The van der Waals surface area contributed by atoms with Crippen molar-refractivity contribution < 1.29 is 66.9 Å². The van der Waals surface area contributed by atoms with Gasteiger partial charge in [-0.1, -0.05) is 23.3 Å². The van der Waals surface area contributed by atoms with Crippen LogP contribution in [0, 0.1) is 0 Å². The largest absolute Gasteiger partial charge is 0.493 e. The van der Waals surface area contributed by atoms with Gasteiger partial charge >= 0.3 is 5.97 Å². The van der Waals surface area contributed by atoms with Gasteiger partial charge < -0.3 is 73.1 Å². The summed E-state index contributed by atoms with van der Waals surface area (Å²) in [6.45, 7) is 8.99. The van der Waals surface area contributed by atoms with Gasteiger partial charge in [0.05, 0.1) is 120 Å². The summed E-state index contributed by atoms with van der Waals surface area (Å²) in [5.74, 6) is 0.710. The van der Waals surface area contributed by atoms with Gasteiger partial charge in [0, 0.05) is 64.1 Å². The fraction of sp³-hybridized carbons (Fsp3) is 0.528. The molecular weight excluding hydrogens is 945 g/mol. The molecule has 0 aromatic heterocycles. The van der Waals surface area contributed by atoms with Crippen LogP contribution in [0.25, 0.3) is 0 Å². The number of aliphatic imine (C=N–C) groups is 1. The molecule has 5 aliphatic heterocycles. The van der Waals surface area contributed by atoms with Crippen LogP contribution in [0.3, 0.4) is 0 Å². The molecule has 0 aliphatic carbocycles. The van der Waals surface area contributed by atoms with Gasteiger partial charge in [-0.05, 0) is 51.3 Å². The smallest absolute Gasteiger partial charge is 0.303 e. The lowest BCUT2D eigenvalue weighted by Gasteiger charge is -2.27. The number of fused-ring (bicyclic) bond motifs is 4. The molecule has 20 heteroatoms. The van der Waals surface area contributed by atoms with Gasteiger partial charge in [-0.15, -0.1) is 0 Å². The molecule has 0 radical (unpaired) electrons. The molecule has 2 saturated heterocycles. The quantitative estimate of drug-likeness (QED) is 0.0741. The van der Waals surface area contributed by atoms with E-state index in [1.165, 1.54) is 25.4 Å². The molecule has 7 rings (SSSR count). The first-order chi connectivity index (χ1) is 35.5. The van der Waals surface area contributed by atoms with E-state index in [0.717, 1.165) is 12.8 Å². The van der Waals surface area contributed by atoms with Crippen LogP contribution in [-0.2, 0) is 33.3 Å². The van der Waals surface area contributed by atoms with Crippen molar-refractivity contribution in [3.05, 3.63) is 82.3 Å². The van der Waals surface area contributed by atoms with E-state index in [4.69, 9.17) is 47.6 Å². The van der Waals surface area contributed by atoms with E-state index in [9.17, 15) is 24.3 Å². The molecule has 73 heavy (non-hydrogen) atoms. The minimum absolute atomic E-state index is 0.0250. The summed E-state index contributed by atoms with van der Waals surface area (Å²) in [6, 6.07) is 6.33. The van der Waals surface area contributed by atoms with Gasteiger partial charge in [-0.3, -0.25) is 24.2 Å². The lowest BCUT2D eigenvalue weighted by Crippen LogP contribution is -2.38. The number of methoxy groups -OCH3 is 3. The van der Waals surface area contributed by atoms with E-state index in [2.05, 4.69) is 16.7 Å². The number of rotatable bonds is 28. The number of anilines is 1. The first-order valence-corrected chi connectivity index (χ1v) is 24.9. The van der Waals surface area contributed by atoms with Crippen LogP contribution in [0.4, 0.5) is 11.4 Å². The average Bonchev–Trinajstić information content (AvgIpc) is 3.97. The van der Waals surface area contributed by atoms with Crippen LogP contribution < -0.4 is 29.6 Å². The molecule has 0 saturated carbocycles. The molecule has 3 amide bonds. The lowest BCUT2D eigenvalue weighted by atomic mass is 10.1. The van der Waals surface area contributed by atoms with E-state index in [1.54, 1.807) is 42.4 Å². The van der Waals surface area contributed by atoms with Crippen LogP contribution in [0.15, 0.2) is 76.2 Å². The van der Waals surface area contributed by atoms with Gasteiger partial charge in [0.15, 0.2) is 23.0 Å². The van der Waals surface area contributed by atoms with E-state index in [0.29, 0.717) is 116 Å². The summed E-state index contributed by atoms with van der Waals surface area (Å²) in [5, 5.41) is 16.3. The number of hydrogen-bond donors (Lipinski definition) is 3. The zero-order valence-electron chi connectivity index (χ0n) is 42.6. The topological polar surface area (TPSA) is 218 Å². The highest BCUT2D eigenvalue weighted by Crippen LogP contribution is 2.40. The third kappa shape index (κ3) is 14.5. The van der Waals surface area contributed by atoms with Crippen molar-refractivity contribution in [1.82, 2.24) is 20.0 Å². The summed E-state index contributed by atoms with van der Waals surface area (Å²) < 4.78 is 52.2. The van der Waals surface area contributed by atoms with Crippen molar-refractivity contribution >= 4 is 41.3 Å². The van der Waals surface area contributed by atoms with Gasteiger partial charge in [-0.25, -0.2) is 0 Å². The highest BCUT2D eigenvalue weighted by molar-refractivity contribution is 6.04. The Hall–Kier alpha value is -6.61. The second-order valence-electron chi connectivity index (χ2n) is 18.0. The third-order valence-corrected chi connectivity index (χ3v) is 13.1. The number of aliphatic carboxylic acids is 1. The summed E-state index contributed by atoms with van der Waals surface area (Å²) in [4.78, 5) is 62.4. The second kappa shape index (κ2) is 26.9. The van der Waals surface area contributed by atoms with Gasteiger partial charge in [0.25, 0.3) is 11.8 Å². The van der Waals surface area contributed by atoms with Gasteiger partial charge in [-0.2, -0.15) is 0 Å². The maximum atomic E-state index is 13.8. The summed E-state index contributed by atoms with van der Waals surface area (Å²) in [7, 11) is 4.66. The Morgan fingerprint density at radius 1 is 0.767 bits per heavy atom. The molecule has 1 unspecified atom stereocenters. The number of carbonyl (C=O) groups excluding carboxylic acids is 3. The van der Waals surface area contributed by atoms with E-state index >= 15 is 0 Å². The van der Waals surface area contributed by atoms with Crippen LogP contribution in [0.2, 0.25) is 0 Å². The molecule has 2 aromatic carbocycles. The molecule has 2 aromatic rings. The first kappa shape index (κ1) is 54.2. The molecule has 0 spiro atoms. The minimum atomic E-state index is -0.950. The number of ether oxygens (including phenoxy) is 9. The maximum Gasteiger partial charge on any atom is 0.303 e. The van der Waals surface area contributed by atoms with Crippen molar-refractivity contribution in [2.45, 2.75) is 64.1 Å². The predicted molar refractivity (Wildman–Crippen MR) is 271 cm³/mol. The molecule has 5 aliphatic rings. The maximum absolute atomic E-state index is 13.8. The van der Waals surface area contributed by atoms with Crippen molar-refractivity contribution in [3.8, 4) is 23.0 Å². The second-order valence-corrected chi connectivity index (χ2v) is 18.0. The first-order valence-electron chi connectivity index (χ1n) is 24.9. The number of dihydropyridines is 1. The van der Waals surface area contributed by atoms with Crippen LogP contribution in [0.5, 0.6) is 23.0 Å². The highest BCUT2D eigenvalue weighted by atomic mass is 16.6. The number of hydrogen-bond acceptors (Lipinski definition) is 16. The number of nitrogens with zero attached hydrogens (tertiary/aromatic N) is 4. The number of benzene rings is 2. The summed E-state index contributed by atoms with van der Waals surface area (Å²) >= 11 is 0. The molecule has 3 atom stereocenters. The van der Waals surface area contributed by atoms with Crippen LogP contribution >= 0.6 is 0 Å². The van der Waals surface area contributed by atoms with Crippen LogP contribution in [-0.4, -0.2) is 188 Å². The van der Waals surface area contributed by atoms with Crippen molar-refractivity contribution in [2.24, 2.45) is 4.99 Å². The van der Waals surface area contributed by atoms with E-state index in [1.807, 2.05) is 42.0 Å². The monoisotopic (exact) mass is 1010 g/mol.